The number of hydrogen-bond acceptors (Lipinski definition) is 5. The first-order chi connectivity index (χ1) is 13.7. The van der Waals surface area contributed by atoms with E-state index >= 15 is 0 Å². The predicted octanol–water partition coefficient (Wildman–Crippen LogP) is 2.37. The van der Waals surface area contributed by atoms with Crippen molar-refractivity contribution < 1.29 is 22.7 Å². The minimum absolute atomic E-state index is 0.232. The van der Waals surface area contributed by atoms with Gasteiger partial charge in [0.2, 0.25) is 15.9 Å². The molecule has 2 aromatic carbocycles. The molecule has 29 heavy (non-hydrogen) atoms. The summed E-state index contributed by atoms with van der Waals surface area (Å²) in [5, 5.41) is 2.83. The van der Waals surface area contributed by atoms with Crippen molar-refractivity contribution in [1.29, 1.82) is 0 Å². The first-order valence-corrected chi connectivity index (χ1v) is 10.8. The summed E-state index contributed by atoms with van der Waals surface area (Å²) >= 11 is 0. The number of nitrogens with zero attached hydrogens (tertiary/aromatic N) is 1. The SMILES string of the molecule is COc1ccccc1CCNC(=O)c1ccc(N2C(=O)C(C)(C)CS2(=O)=O)cc1. The van der Waals surface area contributed by atoms with Crippen LogP contribution in [-0.4, -0.2) is 39.6 Å². The average Bonchev–Trinajstić information content (AvgIpc) is 2.84. The highest BCUT2D eigenvalue weighted by Gasteiger charge is 2.49. The fourth-order valence-corrected chi connectivity index (χ4v) is 5.44. The molecule has 0 atom stereocenters. The van der Waals surface area contributed by atoms with Crippen molar-refractivity contribution in [1.82, 2.24) is 5.32 Å². The molecule has 8 heteroatoms. The quantitative estimate of drug-likeness (QED) is 0.780. The van der Waals surface area contributed by atoms with Gasteiger partial charge in [0, 0.05) is 12.1 Å². The van der Waals surface area contributed by atoms with Gasteiger partial charge in [-0.25, -0.2) is 12.7 Å². The van der Waals surface area contributed by atoms with Crippen LogP contribution in [0.4, 0.5) is 5.69 Å². The van der Waals surface area contributed by atoms with Gasteiger partial charge >= 0.3 is 0 Å². The molecule has 1 saturated heterocycles. The zero-order valence-corrected chi connectivity index (χ0v) is 17.5. The molecule has 3 rings (SSSR count). The molecule has 1 aliphatic heterocycles. The van der Waals surface area contributed by atoms with Crippen LogP contribution in [-0.2, 0) is 21.2 Å². The molecule has 7 nitrogen and oxygen atoms in total. The van der Waals surface area contributed by atoms with Crippen LogP contribution in [0.2, 0.25) is 0 Å². The Balaban J connectivity index is 1.66. The van der Waals surface area contributed by atoms with E-state index in [1.165, 1.54) is 24.3 Å². The van der Waals surface area contributed by atoms with Gasteiger partial charge in [-0.05, 0) is 56.2 Å². The second-order valence-corrected chi connectivity index (χ2v) is 9.39. The van der Waals surface area contributed by atoms with Crippen LogP contribution in [0.25, 0.3) is 0 Å². The molecule has 2 amide bonds. The lowest BCUT2D eigenvalue weighted by Gasteiger charge is -2.17. The maximum atomic E-state index is 12.4. The van der Waals surface area contributed by atoms with E-state index in [0.717, 1.165) is 15.6 Å². The Morgan fingerprint density at radius 1 is 1.14 bits per heavy atom. The van der Waals surface area contributed by atoms with Gasteiger partial charge in [0.05, 0.1) is 24.0 Å². The molecule has 1 N–H and O–H groups in total. The third kappa shape index (κ3) is 4.27. The van der Waals surface area contributed by atoms with Crippen LogP contribution in [0.15, 0.2) is 48.5 Å². The van der Waals surface area contributed by atoms with Crippen molar-refractivity contribution in [3.63, 3.8) is 0 Å². The topological polar surface area (TPSA) is 92.8 Å². The van der Waals surface area contributed by atoms with Gasteiger partial charge in [0.15, 0.2) is 0 Å². The zero-order chi connectivity index (χ0) is 21.2. The third-order valence-corrected chi connectivity index (χ3v) is 6.84. The second-order valence-electron chi connectivity index (χ2n) is 7.57. The Morgan fingerprint density at radius 2 is 1.79 bits per heavy atom. The summed E-state index contributed by atoms with van der Waals surface area (Å²) in [6.07, 6.45) is 0.615. The van der Waals surface area contributed by atoms with Crippen molar-refractivity contribution >= 4 is 27.5 Å². The molecule has 0 saturated carbocycles. The molecule has 0 aliphatic carbocycles. The second kappa shape index (κ2) is 7.87. The summed E-state index contributed by atoms with van der Waals surface area (Å²) in [5.41, 5.74) is 0.655. The lowest BCUT2D eigenvalue weighted by atomic mass is 9.95. The minimum atomic E-state index is -3.71. The van der Waals surface area contributed by atoms with E-state index in [2.05, 4.69) is 5.32 Å². The van der Waals surface area contributed by atoms with Gasteiger partial charge in [0.1, 0.15) is 5.75 Å². The predicted molar refractivity (Wildman–Crippen MR) is 111 cm³/mol. The molecular weight excluding hydrogens is 392 g/mol. The molecule has 154 valence electrons. The van der Waals surface area contributed by atoms with Crippen molar-refractivity contribution in [2.24, 2.45) is 5.41 Å². The van der Waals surface area contributed by atoms with E-state index in [4.69, 9.17) is 4.74 Å². The van der Waals surface area contributed by atoms with Gasteiger partial charge in [-0.3, -0.25) is 9.59 Å². The van der Waals surface area contributed by atoms with Gasteiger partial charge in [-0.1, -0.05) is 18.2 Å². The molecule has 1 heterocycles. The summed E-state index contributed by atoms with van der Waals surface area (Å²) in [6.45, 7) is 3.64. The standard InChI is InChI=1S/C21H24N2O5S/c1-21(2)14-29(26,27)23(20(21)25)17-10-8-16(9-11-17)19(24)22-13-12-15-6-4-5-7-18(15)28-3/h4-11H,12-14H2,1-3H3,(H,22,24). The number of rotatable bonds is 6. The Hall–Kier alpha value is -2.87. The number of ether oxygens (including phenoxy) is 1. The number of anilines is 1. The van der Waals surface area contributed by atoms with Crippen molar-refractivity contribution in [2.45, 2.75) is 20.3 Å². The minimum Gasteiger partial charge on any atom is -0.496 e. The lowest BCUT2D eigenvalue weighted by molar-refractivity contribution is -0.123. The summed E-state index contributed by atoms with van der Waals surface area (Å²) in [5.74, 6) is -0.205. The number of benzene rings is 2. The van der Waals surface area contributed by atoms with Gasteiger partial charge in [-0.15, -0.1) is 0 Å². The Kier molecular flexibility index (Phi) is 5.66. The molecule has 2 aromatic rings. The fraction of sp³-hybridized carbons (Fsp3) is 0.333. The Morgan fingerprint density at radius 3 is 2.38 bits per heavy atom. The number of hydrogen-bond donors (Lipinski definition) is 1. The van der Waals surface area contributed by atoms with Crippen LogP contribution in [0.5, 0.6) is 5.75 Å². The molecule has 0 unspecified atom stereocenters. The van der Waals surface area contributed by atoms with E-state index < -0.39 is 21.3 Å². The van der Waals surface area contributed by atoms with Gasteiger partial charge in [0.25, 0.3) is 5.91 Å². The average molecular weight is 416 g/mol. The molecular formula is C21H24N2O5S. The number of sulfonamides is 1. The van der Waals surface area contributed by atoms with E-state index in [-0.39, 0.29) is 17.3 Å². The van der Waals surface area contributed by atoms with Crippen molar-refractivity contribution in [3.05, 3.63) is 59.7 Å². The number of carbonyl (C=O) groups excluding carboxylic acids is 2. The maximum Gasteiger partial charge on any atom is 0.251 e. The van der Waals surface area contributed by atoms with Crippen molar-refractivity contribution in [3.8, 4) is 5.75 Å². The summed E-state index contributed by atoms with van der Waals surface area (Å²) in [7, 11) is -2.11. The van der Waals surface area contributed by atoms with Crippen LogP contribution in [0.1, 0.15) is 29.8 Å². The van der Waals surface area contributed by atoms with Crippen LogP contribution >= 0.6 is 0 Å². The van der Waals surface area contributed by atoms with Crippen LogP contribution in [0.3, 0.4) is 0 Å². The van der Waals surface area contributed by atoms with Crippen LogP contribution < -0.4 is 14.4 Å². The molecule has 0 bridgehead atoms. The maximum absolute atomic E-state index is 12.4. The van der Waals surface area contributed by atoms with E-state index in [1.54, 1.807) is 21.0 Å². The first kappa shape index (κ1) is 20.9. The molecule has 1 fully saturated rings. The highest BCUT2D eigenvalue weighted by atomic mass is 32.2. The Labute approximate surface area is 170 Å². The van der Waals surface area contributed by atoms with E-state index in [9.17, 15) is 18.0 Å². The number of amides is 2. The summed E-state index contributed by atoms with van der Waals surface area (Å²) < 4.78 is 30.8. The van der Waals surface area contributed by atoms with Crippen molar-refractivity contribution in [2.75, 3.05) is 23.7 Å². The number of para-hydroxylation sites is 1. The smallest absolute Gasteiger partial charge is 0.251 e. The fourth-order valence-electron chi connectivity index (χ4n) is 3.33. The van der Waals surface area contributed by atoms with Gasteiger partial charge < -0.3 is 10.1 Å². The van der Waals surface area contributed by atoms with Gasteiger partial charge in [-0.2, -0.15) is 0 Å². The van der Waals surface area contributed by atoms with Crippen LogP contribution in [0, 0.1) is 5.41 Å². The number of nitrogens with one attached hydrogen (secondary N) is 1. The lowest BCUT2D eigenvalue weighted by Crippen LogP contribution is -2.33. The normalized spacial score (nSPS) is 17.2. The number of methoxy groups -OCH3 is 1. The van der Waals surface area contributed by atoms with E-state index in [1.807, 2.05) is 24.3 Å². The largest absolute Gasteiger partial charge is 0.496 e. The summed E-state index contributed by atoms with van der Waals surface area (Å²) in [6, 6.07) is 13.6. The molecule has 0 aromatic heterocycles. The highest BCUT2D eigenvalue weighted by Crippen LogP contribution is 2.35. The molecule has 1 aliphatic rings. The van der Waals surface area contributed by atoms with E-state index in [0.29, 0.717) is 18.5 Å². The summed E-state index contributed by atoms with van der Waals surface area (Å²) in [4.78, 5) is 24.8. The first-order valence-electron chi connectivity index (χ1n) is 9.23. The zero-order valence-electron chi connectivity index (χ0n) is 16.6. The monoisotopic (exact) mass is 416 g/mol. The highest BCUT2D eigenvalue weighted by molar-refractivity contribution is 7.94. The molecule has 0 spiro atoms. The number of carbonyl (C=O) groups is 2. The Bertz CT molecular complexity index is 1030. The third-order valence-electron chi connectivity index (χ3n) is 4.82. The molecule has 0 radical (unpaired) electrons.